The molecular weight excluding hydrogens is 573 g/mol. The van der Waals surface area contributed by atoms with Gasteiger partial charge in [0.1, 0.15) is 28.8 Å². The largest absolute Gasteiger partial charge is 0.444 e. The van der Waals surface area contributed by atoms with Crippen LogP contribution in [0.15, 0.2) is 126 Å². The van der Waals surface area contributed by atoms with Crippen LogP contribution in [0, 0.1) is 5.41 Å². The van der Waals surface area contributed by atoms with Gasteiger partial charge in [0.25, 0.3) is 0 Å². The predicted octanol–water partition coefficient (Wildman–Crippen LogP) is 8.53. The monoisotopic (exact) mass is 624 g/mol. The highest BCUT2D eigenvalue weighted by molar-refractivity contribution is 7.95. The Balaban J connectivity index is 1.56. The van der Waals surface area contributed by atoms with Gasteiger partial charge >= 0.3 is 6.09 Å². The van der Waals surface area contributed by atoms with Crippen LogP contribution in [0.1, 0.15) is 61.3 Å². The molecule has 4 nitrogen and oxygen atoms in total. The smallest absolute Gasteiger partial charge is 0.407 e. The summed E-state index contributed by atoms with van der Waals surface area (Å²) in [6, 6.07) is 33.1. The van der Waals surface area contributed by atoms with Gasteiger partial charge in [0, 0.05) is 6.54 Å². The summed E-state index contributed by atoms with van der Waals surface area (Å²) in [7, 11) is -1.93. The van der Waals surface area contributed by atoms with E-state index in [1.54, 1.807) is 0 Å². The van der Waals surface area contributed by atoms with Gasteiger partial charge in [0.2, 0.25) is 0 Å². The molecule has 0 saturated carbocycles. The van der Waals surface area contributed by atoms with Crippen LogP contribution in [-0.2, 0) is 9.47 Å². The van der Waals surface area contributed by atoms with Gasteiger partial charge in [-0.2, -0.15) is 0 Å². The summed E-state index contributed by atoms with van der Waals surface area (Å²) in [5.74, 6) is 0. The first-order valence-electron chi connectivity index (χ1n) is 16.1. The third-order valence-electron chi connectivity index (χ3n) is 8.55. The second-order valence-corrected chi connectivity index (χ2v) is 17.1. The van der Waals surface area contributed by atoms with E-state index in [2.05, 4.69) is 142 Å². The molecule has 1 atom stereocenters. The van der Waals surface area contributed by atoms with Crippen LogP contribution >= 0.6 is 7.26 Å². The van der Waals surface area contributed by atoms with Crippen LogP contribution in [0.3, 0.4) is 0 Å². The van der Waals surface area contributed by atoms with Gasteiger partial charge in [0.15, 0.2) is 0 Å². The molecule has 45 heavy (non-hydrogen) atoms. The first-order chi connectivity index (χ1) is 21.4. The molecule has 0 bridgehead atoms. The molecule has 0 saturated heterocycles. The maximum atomic E-state index is 12.0. The van der Waals surface area contributed by atoms with Crippen LogP contribution < -0.4 is 21.2 Å². The van der Waals surface area contributed by atoms with Crippen molar-refractivity contribution in [2.24, 2.45) is 5.41 Å². The number of ether oxygens (including phenoxy) is 2. The first-order valence-corrected chi connectivity index (χ1v) is 18.1. The number of benzene rings is 3. The Bertz CT molecular complexity index is 1390. The number of alkyl carbamates (subject to hydrolysis) is 1. The van der Waals surface area contributed by atoms with Gasteiger partial charge in [-0.3, -0.25) is 0 Å². The van der Waals surface area contributed by atoms with Crippen LogP contribution in [0.4, 0.5) is 4.79 Å². The summed E-state index contributed by atoms with van der Waals surface area (Å²) in [6.07, 6.45) is 9.60. The average molecular weight is 625 g/mol. The molecule has 238 valence electrons. The van der Waals surface area contributed by atoms with Crippen molar-refractivity contribution in [3.8, 4) is 0 Å². The van der Waals surface area contributed by atoms with Crippen molar-refractivity contribution in [3.63, 3.8) is 0 Å². The van der Waals surface area contributed by atoms with E-state index >= 15 is 0 Å². The van der Waals surface area contributed by atoms with E-state index in [9.17, 15) is 4.79 Å². The molecule has 0 aliphatic heterocycles. The molecule has 4 rings (SSSR count). The lowest BCUT2D eigenvalue weighted by Crippen LogP contribution is -2.35. The molecule has 1 unspecified atom stereocenters. The fraction of sp³-hybridized carbons (Fsp3) is 0.375. The van der Waals surface area contributed by atoms with E-state index in [1.165, 1.54) is 32.6 Å². The maximum Gasteiger partial charge on any atom is 0.407 e. The maximum absolute atomic E-state index is 12.0. The van der Waals surface area contributed by atoms with Gasteiger partial charge < -0.3 is 14.8 Å². The van der Waals surface area contributed by atoms with Gasteiger partial charge in [0.05, 0.1) is 18.9 Å². The zero-order valence-electron chi connectivity index (χ0n) is 28.2. The highest BCUT2D eigenvalue weighted by atomic mass is 31.2. The quantitative estimate of drug-likeness (QED) is 0.132. The normalized spacial score (nSPS) is 17.4. The molecule has 0 heterocycles. The highest BCUT2D eigenvalue weighted by Gasteiger charge is 2.44. The van der Waals surface area contributed by atoms with Crippen LogP contribution in [0.25, 0.3) is 0 Å². The molecule has 0 radical (unpaired) electrons. The SMILES string of the molecule is CC1=C(/C=C/C(C)=C/C[P+](c2ccccc2)(c2ccccc2)c2ccccc2)C(C)(C)CCC1OCCNC(=O)OC(C)(C)C. The standard InChI is InChI=1S/C40H50NO3P/c1-31(23-24-36-32(2)37(25-27-40(36,6)7)43-29-28-41-38(42)44-39(3,4)5)26-30-45(33-17-11-8-12-18-33,34-19-13-9-14-20-34)35-21-15-10-16-22-35/h8-24,26,37H,25,27-30H2,1-7H3/p+1/b24-23+,31-26+. The number of amides is 1. The number of hydrogen-bond acceptors (Lipinski definition) is 3. The van der Waals surface area contributed by atoms with Crippen LogP contribution in [0.2, 0.25) is 0 Å². The van der Waals surface area contributed by atoms with Gasteiger partial charge in [-0.1, -0.05) is 86.2 Å². The summed E-state index contributed by atoms with van der Waals surface area (Å²) in [5.41, 5.74) is 3.41. The Kier molecular flexibility index (Phi) is 11.6. The van der Waals surface area contributed by atoms with Crippen LogP contribution in [-0.4, -0.2) is 37.1 Å². The Morgan fingerprint density at radius 3 is 1.91 bits per heavy atom. The lowest BCUT2D eigenvalue weighted by Gasteiger charge is -2.37. The van der Waals surface area contributed by atoms with E-state index in [4.69, 9.17) is 9.47 Å². The molecule has 0 spiro atoms. The molecule has 3 aromatic rings. The number of carbonyl (C=O) groups is 1. The van der Waals surface area contributed by atoms with E-state index in [-0.39, 0.29) is 11.5 Å². The van der Waals surface area contributed by atoms with E-state index in [1.807, 2.05) is 20.8 Å². The third kappa shape index (κ3) is 9.06. The Hall–Kier alpha value is -3.46. The second kappa shape index (κ2) is 15.2. The van der Waals surface area contributed by atoms with E-state index in [0.29, 0.717) is 13.2 Å². The van der Waals surface area contributed by atoms with Crippen LogP contribution in [0.5, 0.6) is 0 Å². The second-order valence-electron chi connectivity index (χ2n) is 13.6. The van der Waals surface area contributed by atoms with Crippen molar-refractivity contribution in [1.82, 2.24) is 5.32 Å². The lowest BCUT2D eigenvalue weighted by molar-refractivity contribution is 0.0407. The van der Waals surface area contributed by atoms with Crippen molar-refractivity contribution in [2.75, 3.05) is 19.3 Å². The van der Waals surface area contributed by atoms with Crippen molar-refractivity contribution < 1.29 is 14.3 Å². The zero-order chi connectivity index (χ0) is 32.5. The summed E-state index contributed by atoms with van der Waals surface area (Å²) in [4.78, 5) is 12.0. The van der Waals surface area contributed by atoms with Crippen molar-refractivity contribution >= 4 is 29.3 Å². The zero-order valence-corrected chi connectivity index (χ0v) is 29.1. The van der Waals surface area contributed by atoms with Gasteiger partial charge in [-0.05, 0) is 106 Å². The summed E-state index contributed by atoms with van der Waals surface area (Å²) >= 11 is 0. The number of rotatable bonds is 11. The Morgan fingerprint density at radius 2 is 1.42 bits per heavy atom. The summed E-state index contributed by atoms with van der Waals surface area (Å²) < 4.78 is 11.6. The number of hydrogen-bond donors (Lipinski definition) is 1. The number of nitrogens with one attached hydrogen (secondary N) is 1. The minimum absolute atomic E-state index is 0.0372. The third-order valence-corrected chi connectivity index (χ3v) is 12.8. The molecule has 3 aromatic carbocycles. The summed E-state index contributed by atoms with van der Waals surface area (Å²) in [6.45, 7) is 15.5. The number of carbonyl (C=O) groups excluding carboxylic acids is 1. The molecule has 5 heteroatoms. The van der Waals surface area contributed by atoms with Gasteiger partial charge in [-0.25, -0.2) is 4.79 Å². The molecule has 0 aromatic heterocycles. The summed E-state index contributed by atoms with van der Waals surface area (Å²) in [5, 5.41) is 6.98. The minimum atomic E-state index is -1.93. The fourth-order valence-electron chi connectivity index (χ4n) is 6.16. The average Bonchev–Trinajstić information content (AvgIpc) is 3.01. The molecule has 1 aliphatic carbocycles. The van der Waals surface area contributed by atoms with E-state index < -0.39 is 19.0 Å². The van der Waals surface area contributed by atoms with Gasteiger partial charge in [-0.15, -0.1) is 0 Å². The van der Waals surface area contributed by atoms with Crippen molar-refractivity contribution in [1.29, 1.82) is 0 Å². The van der Waals surface area contributed by atoms with E-state index in [0.717, 1.165) is 19.0 Å². The molecule has 1 N–H and O–H groups in total. The molecule has 1 aliphatic rings. The number of allylic oxidation sites excluding steroid dienone is 5. The highest BCUT2D eigenvalue weighted by Crippen LogP contribution is 2.55. The van der Waals surface area contributed by atoms with Crippen molar-refractivity contribution in [3.05, 3.63) is 126 Å². The van der Waals surface area contributed by atoms with Crippen molar-refractivity contribution in [2.45, 2.75) is 73.0 Å². The lowest BCUT2D eigenvalue weighted by atomic mass is 9.71. The molecule has 0 fully saturated rings. The fourth-order valence-corrected chi connectivity index (χ4v) is 10.3. The predicted molar refractivity (Wildman–Crippen MR) is 193 cm³/mol. The topological polar surface area (TPSA) is 47.6 Å². The Labute approximate surface area is 272 Å². The Morgan fingerprint density at radius 1 is 0.911 bits per heavy atom. The molecule has 1 amide bonds. The minimum Gasteiger partial charge on any atom is -0.444 e. The molecular formula is C40H51NO3P+. The first kappa shape index (κ1) is 34.4.